The number of nitrogens with zero attached hydrogens (tertiary/aromatic N) is 1. The number of likely N-dealkylation sites (N-methyl/N-ethyl adjacent to an activating group) is 1. The Balaban J connectivity index is 1.65. The van der Waals surface area contributed by atoms with Crippen molar-refractivity contribution in [3.8, 4) is 5.75 Å². The van der Waals surface area contributed by atoms with Gasteiger partial charge in [0.1, 0.15) is 23.1 Å². The molecule has 6 nitrogen and oxygen atoms in total. The van der Waals surface area contributed by atoms with Crippen molar-refractivity contribution in [2.75, 3.05) is 20.2 Å². The normalized spacial score (nSPS) is 13.9. The highest BCUT2D eigenvalue weighted by Crippen LogP contribution is 2.24. The van der Waals surface area contributed by atoms with Crippen LogP contribution in [-0.2, 0) is 10.0 Å². The summed E-state index contributed by atoms with van der Waals surface area (Å²) in [5.41, 5.74) is 2.28. The summed E-state index contributed by atoms with van der Waals surface area (Å²) >= 11 is 0. The molecule has 0 unspecified atom stereocenters. The lowest BCUT2D eigenvalue weighted by Gasteiger charge is -2.18. The van der Waals surface area contributed by atoms with Gasteiger partial charge < -0.3 is 9.64 Å². The number of carbonyl (C=O) groups excluding carboxylic acids is 1. The molecule has 3 rings (SSSR count). The van der Waals surface area contributed by atoms with Crippen LogP contribution in [0.15, 0.2) is 41.3 Å². The zero-order valence-electron chi connectivity index (χ0n) is 16.7. The van der Waals surface area contributed by atoms with Crippen molar-refractivity contribution < 1.29 is 22.3 Å². The molecule has 0 saturated heterocycles. The van der Waals surface area contributed by atoms with E-state index in [9.17, 15) is 17.6 Å². The van der Waals surface area contributed by atoms with Crippen LogP contribution >= 0.6 is 0 Å². The van der Waals surface area contributed by atoms with Gasteiger partial charge in [0.15, 0.2) is 0 Å². The molecule has 2 aromatic carbocycles. The van der Waals surface area contributed by atoms with Crippen LogP contribution < -0.4 is 9.46 Å². The van der Waals surface area contributed by atoms with Gasteiger partial charge in [-0.1, -0.05) is 6.07 Å². The maximum atomic E-state index is 14.1. The number of hydrogen-bond donors (Lipinski definition) is 1. The van der Waals surface area contributed by atoms with Crippen molar-refractivity contribution in [3.05, 3.63) is 58.9 Å². The summed E-state index contributed by atoms with van der Waals surface area (Å²) in [5.74, 6) is -0.558. The third kappa shape index (κ3) is 5.55. The lowest BCUT2D eigenvalue weighted by atomic mass is 10.1. The first kappa shape index (κ1) is 21.3. The Morgan fingerprint density at radius 1 is 1.17 bits per heavy atom. The van der Waals surface area contributed by atoms with Gasteiger partial charge in [0.25, 0.3) is 5.91 Å². The predicted octanol–water partition coefficient (Wildman–Crippen LogP) is 3.03. The van der Waals surface area contributed by atoms with Crippen LogP contribution in [0.25, 0.3) is 0 Å². The molecule has 156 valence electrons. The number of ether oxygens (including phenoxy) is 1. The lowest BCUT2D eigenvalue weighted by Crippen LogP contribution is -2.31. The highest BCUT2D eigenvalue weighted by Gasteiger charge is 2.30. The van der Waals surface area contributed by atoms with Crippen LogP contribution in [0.5, 0.6) is 5.75 Å². The summed E-state index contributed by atoms with van der Waals surface area (Å²) in [6.45, 7) is 4.54. The fourth-order valence-electron chi connectivity index (χ4n) is 2.97. The molecule has 1 amide bonds. The summed E-state index contributed by atoms with van der Waals surface area (Å²) in [6.07, 6.45) is 1.48. The second kappa shape index (κ2) is 8.51. The maximum absolute atomic E-state index is 14.1. The largest absolute Gasteiger partial charge is 0.492 e. The van der Waals surface area contributed by atoms with E-state index >= 15 is 0 Å². The molecule has 0 aliphatic heterocycles. The van der Waals surface area contributed by atoms with Gasteiger partial charge >= 0.3 is 0 Å². The van der Waals surface area contributed by atoms with Crippen molar-refractivity contribution in [3.63, 3.8) is 0 Å². The molecule has 1 saturated carbocycles. The number of halogens is 1. The number of benzene rings is 2. The number of amides is 1. The van der Waals surface area contributed by atoms with Crippen LogP contribution in [0.2, 0.25) is 0 Å². The van der Waals surface area contributed by atoms with Crippen LogP contribution in [0, 0.1) is 19.7 Å². The minimum atomic E-state index is -3.99. The quantitative estimate of drug-likeness (QED) is 0.712. The predicted molar refractivity (Wildman–Crippen MR) is 108 cm³/mol. The van der Waals surface area contributed by atoms with Gasteiger partial charge in [0.2, 0.25) is 10.0 Å². The zero-order valence-corrected chi connectivity index (χ0v) is 17.6. The minimum absolute atomic E-state index is 0.108. The number of aryl methyl sites for hydroxylation is 2. The van der Waals surface area contributed by atoms with Crippen LogP contribution in [-0.4, -0.2) is 45.5 Å². The van der Waals surface area contributed by atoms with E-state index in [-0.39, 0.29) is 18.2 Å². The van der Waals surface area contributed by atoms with Gasteiger partial charge in [-0.25, -0.2) is 17.5 Å². The fraction of sp³-hybridized carbons (Fsp3) is 0.381. The Kier molecular flexibility index (Phi) is 6.24. The van der Waals surface area contributed by atoms with Crippen molar-refractivity contribution in [1.82, 2.24) is 9.62 Å². The van der Waals surface area contributed by atoms with E-state index in [4.69, 9.17) is 4.74 Å². The van der Waals surface area contributed by atoms with Gasteiger partial charge in [-0.05, 0) is 68.1 Å². The number of sulfonamides is 1. The summed E-state index contributed by atoms with van der Waals surface area (Å²) < 4.78 is 46.9. The molecule has 0 spiro atoms. The molecule has 1 N–H and O–H groups in total. The van der Waals surface area contributed by atoms with E-state index in [1.165, 1.54) is 11.0 Å². The molecule has 1 aliphatic rings. The number of hydrogen-bond acceptors (Lipinski definition) is 4. The first-order chi connectivity index (χ1) is 13.7. The van der Waals surface area contributed by atoms with E-state index in [1.54, 1.807) is 7.05 Å². The molecule has 0 atom stereocenters. The lowest BCUT2D eigenvalue weighted by molar-refractivity contribution is 0.0773. The average Bonchev–Trinajstić information content (AvgIpc) is 3.43. The summed E-state index contributed by atoms with van der Waals surface area (Å²) in [5, 5.41) is 0. The van der Waals surface area contributed by atoms with Crippen molar-refractivity contribution in [1.29, 1.82) is 0 Å². The van der Waals surface area contributed by atoms with E-state index in [1.807, 2.05) is 32.0 Å². The average molecular weight is 421 g/mol. The number of nitrogens with one attached hydrogen (secondary N) is 1. The van der Waals surface area contributed by atoms with Crippen molar-refractivity contribution >= 4 is 15.9 Å². The van der Waals surface area contributed by atoms with Crippen LogP contribution in [0.3, 0.4) is 0 Å². The van der Waals surface area contributed by atoms with Gasteiger partial charge in [0, 0.05) is 18.7 Å². The second-order valence-corrected chi connectivity index (χ2v) is 9.12. The molecule has 2 aromatic rings. The highest BCUT2D eigenvalue weighted by molar-refractivity contribution is 7.89. The zero-order chi connectivity index (χ0) is 21.2. The standard InChI is InChI=1S/C21H25FN2O4S/c1-14-10-15(2)12-18(11-14)28-9-8-24(3)21(25)16-4-7-19(22)20(13-16)29(26,27)23-17-5-6-17/h4,7,10-13,17,23H,5-6,8-9H2,1-3H3. The van der Waals surface area contributed by atoms with Crippen molar-refractivity contribution in [2.45, 2.75) is 37.6 Å². The first-order valence-electron chi connectivity index (χ1n) is 9.44. The molecule has 0 bridgehead atoms. The van der Waals surface area contributed by atoms with E-state index in [2.05, 4.69) is 4.72 Å². The fourth-order valence-corrected chi connectivity index (χ4v) is 4.37. The Labute approximate surface area is 170 Å². The third-order valence-electron chi connectivity index (χ3n) is 4.60. The van der Waals surface area contributed by atoms with E-state index in [0.29, 0.717) is 6.54 Å². The van der Waals surface area contributed by atoms with Crippen LogP contribution in [0.4, 0.5) is 4.39 Å². The molecule has 0 aromatic heterocycles. The van der Waals surface area contributed by atoms with Crippen LogP contribution in [0.1, 0.15) is 34.3 Å². The molecule has 1 aliphatic carbocycles. The molecular weight excluding hydrogens is 395 g/mol. The molecule has 29 heavy (non-hydrogen) atoms. The molecule has 0 heterocycles. The Hall–Kier alpha value is -2.45. The Morgan fingerprint density at radius 3 is 2.45 bits per heavy atom. The van der Waals surface area contributed by atoms with Gasteiger partial charge in [-0.15, -0.1) is 0 Å². The summed E-state index contributed by atoms with van der Waals surface area (Å²) in [7, 11) is -2.40. The third-order valence-corrected chi connectivity index (χ3v) is 6.14. The van der Waals surface area contributed by atoms with Crippen molar-refractivity contribution in [2.24, 2.45) is 0 Å². The molecular formula is C21H25FN2O4S. The molecule has 8 heteroatoms. The smallest absolute Gasteiger partial charge is 0.253 e. The highest BCUT2D eigenvalue weighted by atomic mass is 32.2. The SMILES string of the molecule is Cc1cc(C)cc(OCCN(C)C(=O)c2ccc(F)c(S(=O)(=O)NC3CC3)c2)c1. The topological polar surface area (TPSA) is 75.7 Å². The minimum Gasteiger partial charge on any atom is -0.492 e. The number of rotatable bonds is 8. The van der Waals surface area contributed by atoms with E-state index in [0.717, 1.165) is 41.9 Å². The van der Waals surface area contributed by atoms with E-state index < -0.39 is 26.6 Å². The van der Waals surface area contributed by atoms with Gasteiger partial charge in [-0.3, -0.25) is 4.79 Å². The Morgan fingerprint density at radius 2 is 1.83 bits per heavy atom. The number of carbonyl (C=O) groups is 1. The Bertz CT molecular complexity index is 999. The summed E-state index contributed by atoms with van der Waals surface area (Å²) in [4.78, 5) is 13.6. The maximum Gasteiger partial charge on any atom is 0.253 e. The van der Waals surface area contributed by atoms with Gasteiger partial charge in [0.05, 0.1) is 6.54 Å². The van der Waals surface area contributed by atoms with Gasteiger partial charge in [-0.2, -0.15) is 0 Å². The summed E-state index contributed by atoms with van der Waals surface area (Å²) in [6, 6.07) is 9.11. The monoisotopic (exact) mass is 420 g/mol. The second-order valence-electron chi connectivity index (χ2n) is 7.44. The first-order valence-corrected chi connectivity index (χ1v) is 10.9. The molecule has 1 fully saturated rings. The molecule has 0 radical (unpaired) electrons.